The molecule has 0 unspecified atom stereocenters. The van der Waals surface area contributed by atoms with E-state index in [1.807, 2.05) is 70.3 Å². The lowest BCUT2D eigenvalue weighted by Crippen LogP contribution is -2.41. The van der Waals surface area contributed by atoms with Crippen molar-refractivity contribution in [3.05, 3.63) is 72.3 Å². The molecule has 1 atom stereocenters. The predicted octanol–water partition coefficient (Wildman–Crippen LogP) is 5.25. The molecule has 1 aromatic heterocycles. The number of primary amides is 1. The van der Waals surface area contributed by atoms with Crippen molar-refractivity contribution in [3.63, 3.8) is 0 Å². The molecule has 1 fully saturated rings. The van der Waals surface area contributed by atoms with Crippen molar-refractivity contribution in [3.8, 4) is 22.8 Å². The molecule has 0 bridgehead atoms. The van der Waals surface area contributed by atoms with Gasteiger partial charge in [-0.1, -0.05) is 38.1 Å². The number of aromatic nitrogens is 2. The van der Waals surface area contributed by atoms with E-state index >= 15 is 0 Å². The van der Waals surface area contributed by atoms with Crippen LogP contribution in [0.3, 0.4) is 0 Å². The average Bonchev–Trinajstić information content (AvgIpc) is 3.33. The summed E-state index contributed by atoms with van der Waals surface area (Å²) < 4.78 is 7.88. The monoisotopic (exact) mass is 513 g/mol. The molecule has 8 heteroatoms. The van der Waals surface area contributed by atoms with Crippen molar-refractivity contribution in [2.45, 2.75) is 39.2 Å². The van der Waals surface area contributed by atoms with Gasteiger partial charge in [0.1, 0.15) is 28.6 Å². The van der Waals surface area contributed by atoms with Crippen LogP contribution < -0.4 is 15.8 Å². The molecule has 2 aromatic carbocycles. The number of rotatable bonds is 7. The molecule has 1 saturated heterocycles. The third-order valence-corrected chi connectivity index (χ3v) is 7.33. The number of carbonyl (C=O) groups excluding carboxylic acids is 2. The number of fused-ring (bicyclic) bond motifs is 1. The Morgan fingerprint density at radius 2 is 1.71 bits per heavy atom. The maximum Gasteiger partial charge on any atom is 0.254 e. The first-order valence-electron chi connectivity index (χ1n) is 13.4. The van der Waals surface area contributed by atoms with Crippen LogP contribution in [0.4, 0.5) is 5.82 Å². The Morgan fingerprint density at radius 1 is 1.03 bits per heavy atom. The van der Waals surface area contributed by atoms with Crippen LogP contribution in [-0.4, -0.2) is 46.1 Å². The zero-order valence-corrected chi connectivity index (χ0v) is 22.0. The second-order valence-electron chi connectivity index (χ2n) is 10.4. The quantitative estimate of drug-likeness (QED) is 0.420. The minimum Gasteiger partial charge on any atom is -0.457 e. The zero-order chi connectivity index (χ0) is 26.6. The van der Waals surface area contributed by atoms with Crippen LogP contribution in [0.2, 0.25) is 0 Å². The van der Waals surface area contributed by atoms with E-state index in [1.165, 1.54) is 0 Å². The number of piperidine rings is 1. The molecule has 5 rings (SSSR count). The highest BCUT2D eigenvalue weighted by atomic mass is 16.5. The number of nitrogens with two attached hydrogens (primary N) is 1. The highest BCUT2D eigenvalue weighted by Gasteiger charge is 2.35. The van der Waals surface area contributed by atoms with Crippen molar-refractivity contribution in [1.29, 1.82) is 0 Å². The van der Waals surface area contributed by atoms with E-state index in [-0.39, 0.29) is 11.9 Å². The van der Waals surface area contributed by atoms with Crippen molar-refractivity contribution < 1.29 is 14.3 Å². The summed E-state index contributed by atoms with van der Waals surface area (Å²) in [5.41, 5.74) is 7.66. The maximum atomic E-state index is 12.6. The van der Waals surface area contributed by atoms with E-state index in [4.69, 9.17) is 15.6 Å². The minimum atomic E-state index is -0.503. The first-order valence-corrected chi connectivity index (χ1v) is 13.4. The van der Waals surface area contributed by atoms with Gasteiger partial charge in [0.2, 0.25) is 5.91 Å². The number of amides is 2. The fourth-order valence-electron chi connectivity index (χ4n) is 5.37. The molecule has 0 radical (unpaired) electrons. The molecule has 2 amide bonds. The number of allylic oxidation sites excluding steroid dienone is 1. The van der Waals surface area contributed by atoms with E-state index in [0.717, 1.165) is 50.2 Å². The van der Waals surface area contributed by atoms with Crippen LogP contribution in [0.1, 0.15) is 49.5 Å². The summed E-state index contributed by atoms with van der Waals surface area (Å²) in [6.07, 6.45) is 6.35. The van der Waals surface area contributed by atoms with E-state index in [9.17, 15) is 9.59 Å². The largest absolute Gasteiger partial charge is 0.457 e. The molecule has 3 N–H and O–H groups in total. The normalized spacial score (nSPS) is 17.9. The van der Waals surface area contributed by atoms with Crippen molar-refractivity contribution >= 4 is 17.6 Å². The molecule has 3 heterocycles. The molecule has 0 spiro atoms. The van der Waals surface area contributed by atoms with Crippen LogP contribution in [0.25, 0.3) is 11.3 Å². The molecule has 198 valence electrons. The number of carbonyl (C=O) groups is 2. The lowest BCUT2D eigenvalue weighted by atomic mass is 9.87. The topological polar surface area (TPSA) is 102 Å². The van der Waals surface area contributed by atoms with Gasteiger partial charge in [-0.25, -0.2) is 4.68 Å². The zero-order valence-electron chi connectivity index (χ0n) is 22.0. The number of anilines is 1. The van der Waals surface area contributed by atoms with Gasteiger partial charge in [0, 0.05) is 25.2 Å². The van der Waals surface area contributed by atoms with Gasteiger partial charge in [-0.2, -0.15) is 5.10 Å². The highest BCUT2D eigenvalue weighted by molar-refractivity contribution is 6.03. The summed E-state index contributed by atoms with van der Waals surface area (Å²) in [6.45, 7) is 6.33. The van der Waals surface area contributed by atoms with Gasteiger partial charge in [0.05, 0.1) is 6.04 Å². The van der Waals surface area contributed by atoms with Crippen LogP contribution in [-0.2, 0) is 4.79 Å². The average molecular weight is 514 g/mol. The first-order chi connectivity index (χ1) is 18.4. The minimum absolute atomic E-state index is 0.0835. The number of nitrogens with one attached hydrogen (secondary N) is 1. The van der Waals surface area contributed by atoms with Gasteiger partial charge in [0.25, 0.3) is 5.91 Å². The van der Waals surface area contributed by atoms with Gasteiger partial charge < -0.3 is 20.7 Å². The van der Waals surface area contributed by atoms with E-state index in [0.29, 0.717) is 34.7 Å². The molecule has 0 aliphatic carbocycles. The van der Waals surface area contributed by atoms with Crippen LogP contribution in [0, 0.1) is 11.8 Å². The van der Waals surface area contributed by atoms with Crippen LogP contribution >= 0.6 is 0 Å². The fraction of sp³-hybridized carbons (Fsp3) is 0.367. The molecule has 0 saturated carbocycles. The van der Waals surface area contributed by atoms with Crippen molar-refractivity contribution in [2.24, 2.45) is 17.6 Å². The summed E-state index contributed by atoms with van der Waals surface area (Å²) in [5.74, 6) is 2.44. The van der Waals surface area contributed by atoms with Gasteiger partial charge in [0.15, 0.2) is 0 Å². The SMILES string of the molecule is CC(C)/C=C/C(=O)N1CCC([C@@H]2CCNc3c(C(N)=O)c(-c4ccc(Oc5ccccc5)cc4)nn32)CC1. The Labute approximate surface area is 223 Å². The Bertz CT molecular complexity index is 1310. The second-order valence-corrected chi connectivity index (χ2v) is 10.4. The summed E-state index contributed by atoms with van der Waals surface area (Å²) >= 11 is 0. The number of likely N-dealkylation sites (tertiary alicyclic amines) is 1. The van der Waals surface area contributed by atoms with Gasteiger partial charge in [-0.15, -0.1) is 0 Å². The standard InChI is InChI=1S/C30H35N5O3/c1-20(2)8-13-26(36)34-18-15-21(16-19-34)25-14-17-32-30-27(29(31)37)28(33-35(25)30)22-9-11-24(12-10-22)38-23-6-4-3-5-7-23/h3-13,20-21,25,32H,14-19H2,1-2H3,(H2,31,37)/b13-8+/t25-/m0/s1. The highest BCUT2D eigenvalue weighted by Crippen LogP contribution is 2.40. The number of ether oxygens (including phenoxy) is 1. The number of hydrogen-bond donors (Lipinski definition) is 2. The lowest BCUT2D eigenvalue weighted by Gasteiger charge is -2.38. The number of nitrogens with zero attached hydrogens (tertiary/aromatic N) is 3. The molecule has 2 aliphatic heterocycles. The third kappa shape index (κ3) is 5.44. The molecule has 8 nitrogen and oxygen atoms in total. The third-order valence-electron chi connectivity index (χ3n) is 7.33. The second kappa shape index (κ2) is 11.1. The lowest BCUT2D eigenvalue weighted by molar-refractivity contribution is -0.127. The first kappa shape index (κ1) is 25.6. The smallest absolute Gasteiger partial charge is 0.254 e. The van der Waals surface area contributed by atoms with Gasteiger partial charge in [-0.05, 0) is 73.6 Å². The maximum absolute atomic E-state index is 12.6. The number of benzene rings is 2. The molecular weight excluding hydrogens is 478 g/mol. The van der Waals surface area contributed by atoms with Crippen molar-refractivity contribution in [1.82, 2.24) is 14.7 Å². The summed E-state index contributed by atoms with van der Waals surface area (Å²) in [4.78, 5) is 27.1. The van der Waals surface area contributed by atoms with E-state index in [1.54, 1.807) is 6.08 Å². The summed E-state index contributed by atoms with van der Waals surface area (Å²) in [5, 5.41) is 8.31. The summed E-state index contributed by atoms with van der Waals surface area (Å²) in [7, 11) is 0. The number of para-hydroxylation sites is 1. The van der Waals surface area contributed by atoms with Crippen LogP contribution in [0.15, 0.2) is 66.7 Å². The summed E-state index contributed by atoms with van der Waals surface area (Å²) in [6, 6.07) is 17.3. The van der Waals surface area contributed by atoms with E-state index < -0.39 is 5.91 Å². The molecular formula is C30H35N5O3. The molecule has 3 aromatic rings. The number of hydrogen-bond acceptors (Lipinski definition) is 5. The fourth-order valence-corrected chi connectivity index (χ4v) is 5.37. The molecule has 2 aliphatic rings. The van der Waals surface area contributed by atoms with Gasteiger partial charge >= 0.3 is 0 Å². The van der Waals surface area contributed by atoms with Gasteiger partial charge in [-0.3, -0.25) is 9.59 Å². The Kier molecular flexibility index (Phi) is 7.49. The molecule has 38 heavy (non-hydrogen) atoms. The van der Waals surface area contributed by atoms with Crippen molar-refractivity contribution in [2.75, 3.05) is 25.0 Å². The predicted molar refractivity (Wildman–Crippen MR) is 148 cm³/mol. The Balaban J connectivity index is 1.35. The Morgan fingerprint density at radius 3 is 2.37 bits per heavy atom. The van der Waals surface area contributed by atoms with E-state index in [2.05, 4.69) is 19.2 Å². The van der Waals surface area contributed by atoms with Crippen LogP contribution in [0.5, 0.6) is 11.5 Å². The Hall–Kier alpha value is -4.07.